The van der Waals surface area contributed by atoms with E-state index >= 15 is 0 Å². The fourth-order valence-electron chi connectivity index (χ4n) is 5.18. The third kappa shape index (κ3) is 2.29. The van der Waals surface area contributed by atoms with E-state index in [4.69, 9.17) is 11.6 Å². The zero-order valence-electron chi connectivity index (χ0n) is 15.7. The minimum Gasteiger partial charge on any atom is -0.274 e. The molecule has 0 N–H and O–H groups in total. The van der Waals surface area contributed by atoms with Gasteiger partial charge in [0.2, 0.25) is 11.8 Å². The molecule has 28 heavy (non-hydrogen) atoms. The van der Waals surface area contributed by atoms with Crippen molar-refractivity contribution in [3.05, 3.63) is 82.4 Å². The van der Waals surface area contributed by atoms with E-state index in [9.17, 15) is 9.59 Å². The number of imide groups is 1. The highest BCUT2D eigenvalue weighted by molar-refractivity contribution is 6.31. The molecular formula is C24H20ClNO2. The quantitative estimate of drug-likeness (QED) is 0.532. The van der Waals surface area contributed by atoms with Crippen molar-refractivity contribution in [2.45, 2.75) is 13.8 Å². The molecule has 1 saturated heterocycles. The van der Waals surface area contributed by atoms with Gasteiger partial charge in [0.25, 0.3) is 0 Å². The summed E-state index contributed by atoms with van der Waals surface area (Å²) in [5.74, 6) is -0.831. The molecule has 2 fully saturated rings. The standard InChI is InChI=1S/C24H20ClNO2/c1-13-8-9-16(25)12-19(13)26-23(27)21-17-10-11-18(22(21)24(26)28)20(17)14(2)15-6-4-3-5-7-15/h3-12,17-18,21-22H,1-2H3/t17-,18-,21-,22-/m1/s1. The Bertz CT molecular complexity index is 1040. The third-order valence-electron chi connectivity index (χ3n) is 6.47. The topological polar surface area (TPSA) is 37.4 Å². The Morgan fingerprint density at radius 2 is 1.54 bits per heavy atom. The van der Waals surface area contributed by atoms with Crippen molar-refractivity contribution >= 4 is 34.7 Å². The van der Waals surface area contributed by atoms with Crippen molar-refractivity contribution < 1.29 is 9.59 Å². The predicted octanol–water partition coefficient (Wildman–Crippen LogP) is 5.04. The summed E-state index contributed by atoms with van der Waals surface area (Å²) in [6.45, 7) is 4.00. The van der Waals surface area contributed by atoms with Crippen LogP contribution in [0.25, 0.3) is 5.57 Å². The summed E-state index contributed by atoms with van der Waals surface area (Å²) >= 11 is 6.14. The predicted molar refractivity (Wildman–Crippen MR) is 111 cm³/mol. The minimum absolute atomic E-state index is 0.00357. The molecule has 1 heterocycles. The molecule has 1 aliphatic heterocycles. The van der Waals surface area contributed by atoms with Gasteiger partial charge in [0.1, 0.15) is 0 Å². The van der Waals surface area contributed by atoms with Gasteiger partial charge in [0.05, 0.1) is 17.5 Å². The van der Waals surface area contributed by atoms with Crippen molar-refractivity contribution in [2.75, 3.05) is 4.90 Å². The summed E-state index contributed by atoms with van der Waals surface area (Å²) in [6, 6.07) is 15.5. The van der Waals surface area contributed by atoms with Crippen LogP contribution in [0, 0.1) is 30.6 Å². The number of benzene rings is 2. The first kappa shape index (κ1) is 17.4. The van der Waals surface area contributed by atoms with Gasteiger partial charge in [-0.1, -0.05) is 65.7 Å². The lowest BCUT2D eigenvalue weighted by molar-refractivity contribution is -0.122. The molecule has 2 aliphatic carbocycles. The smallest absolute Gasteiger partial charge is 0.238 e. The van der Waals surface area contributed by atoms with E-state index in [0.717, 1.165) is 11.1 Å². The Morgan fingerprint density at radius 1 is 0.929 bits per heavy atom. The Labute approximate surface area is 169 Å². The number of hydrogen-bond donors (Lipinski definition) is 0. The van der Waals surface area contributed by atoms with Gasteiger partial charge in [-0.2, -0.15) is 0 Å². The lowest BCUT2D eigenvalue weighted by Crippen LogP contribution is -2.33. The molecule has 0 unspecified atom stereocenters. The number of rotatable bonds is 2. The normalized spacial score (nSPS) is 27.7. The van der Waals surface area contributed by atoms with Gasteiger partial charge in [0.15, 0.2) is 0 Å². The summed E-state index contributed by atoms with van der Waals surface area (Å²) in [7, 11) is 0. The van der Waals surface area contributed by atoms with Crippen LogP contribution in [0.3, 0.4) is 0 Å². The number of hydrogen-bond acceptors (Lipinski definition) is 2. The molecule has 2 aromatic rings. The molecule has 4 atom stereocenters. The molecule has 5 rings (SSSR count). The zero-order valence-corrected chi connectivity index (χ0v) is 16.5. The maximum Gasteiger partial charge on any atom is 0.238 e. The first-order valence-electron chi connectivity index (χ1n) is 9.57. The van der Waals surface area contributed by atoms with Crippen molar-refractivity contribution in [3.63, 3.8) is 0 Å². The number of anilines is 1. The van der Waals surface area contributed by atoms with E-state index in [-0.39, 0.29) is 35.5 Å². The highest BCUT2D eigenvalue weighted by Gasteiger charge is 2.62. The van der Waals surface area contributed by atoms with Crippen molar-refractivity contribution in [3.8, 4) is 0 Å². The van der Waals surface area contributed by atoms with Crippen LogP contribution < -0.4 is 4.90 Å². The minimum atomic E-state index is -0.311. The van der Waals surface area contributed by atoms with E-state index in [2.05, 4.69) is 31.2 Å². The van der Waals surface area contributed by atoms with Gasteiger partial charge in [-0.25, -0.2) is 4.90 Å². The molecule has 0 radical (unpaired) electrons. The SMILES string of the molecule is CC(=C1[C@H]2C=C[C@H]1[C@H]1C(=O)N(c3cc(Cl)ccc3C)C(=O)[C@@H]12)c1ccccc1. The Kier molecular flexibility index (Phi) is 3.85. The van der Waals surface area contributed by atoms with Crippen LogP contribution in [-0.4, -0.2) is 11.8 Å². The Balaban J connectivity index is 1.57. The van der Waals surface area contributed by atoms with Gasteiger partial charge < -0.3 is 0 Å². The number of carbonyl (C=O) groups is 2. The van der Waals surface area contributed by atoms with Gasteiger partial charge in [-0.3, -0.25) is 9.59 Å². The van der Waals surface area contributed by atoms with Crippen molar-refractivity contribution in [2.24, 2.45) is 23.7 Å². The third-order valence-corrected chi connectivity index (χ3v) is 6.70. The number of carbonyl (C=O) groups excluding carboxylic acids is 2. The monoisotopic (exact) mass is 389 g/mol. The second-order valence-electron chi connectivity index (χ2n) is 7.88. The van der Waals surface area contributed by atoms with Crippen LogP contribution in [0.5, 0.6) is 0 Å². The Morgan fingerprint density at radius 3 is 2.14 bits per heavy atom. The molecule has 140 valence electrons. The summed E-state index contributed by atoms with van der Waals surface area (Å²) in [6.07, 6.45) is 4.24. The average Bonchev–Trinajstić information content (AvgIpc) is 3.34. The van der Waals surface area contributed by atoms with Crippen LogP contribution in [0.15, 0.2) is 66.3 Å². The molecule has 3 nitrogen and oxygen atoms in total. The van der Waals surface area contributed by atoms with Gasteiger partial charge in [0, 0.05) is 16.9 Å². The van der Waals surface area contributed by atoms with Gasteiger partial charge in [-0.05, 0) is 42.7 Å². The average molecular weight is 390 g/mol. The first-order valence-corrected chi connectivity index (χ1v) is 9.95. The van der Waals surface area contributed by atoms with E-state index < -0.39 is 0 Å². The molecule has 0 spiro atoms. The number of fused-ring (bicyclic) bond motifs is 5. The molecule has 3 aliphatic rings. The van der Waals surface area contributed by atoms with Gasteiger partial charge in [-0.15, -0.1) is 0 Å². The molecule has 4 heteroatoms. The van der Waals surface area contributed by atoms with Crippen molar-refractivity contribution in [1.29, 1.82) is 0 Å². The van der Waals surface area contributed by atoms with E-state index in [1.165, 1.54) is 16.0 Å². The Hall–Kier alpha value is -2.65. The van der Waals surface area contributed by atoms with Crippen LogP contribution >= 0.6 is 11.6 Å². The van der Waals surface area contributed by atoms with E-state index in [1.54, 1.807) is 12.1 Å². The van der Waals surface area contributed by atoms with Crippen molar-refractivity contribution in [1.82, 2.24) is 0 Å². The highest BCUT2D eigenvalue weighted by Crippen LogP contribution is 2.58. The largest absolute Gasteiger partial charge is 0.274 e. The molecule has 2 aromatic carbocycles. The van der Waals surface area contributed by atoms with E-state index in [1.807, 2.05) is 31.2 Å². The maximum atomic E-state index is 13.4. The van der Waals surface area contributed by atoms with Crippen LogP contribution in [-0.2, 0) is 9.59 Å². The fourth-order valence-corrected chi connectivity index (χ4v) is 5.35. The summed E-state index contributed by atoms with van der Waals surface area (Å²) in [5, 5.41) is 0.528. The number of halogens is 1. The number of nitrogens with zero attached hydrogens (tertiary/aromatic N) is 1. The number of allylic oxidation sites excluding steroid dienone is 4. The molecule has 2 bridgehead atoms. The van der Waals surface area contributed by atoms with Crippen LogP contribution in [0.2, 0.25) is 5.02 Å². The number of amides is 2. The van der Waals surface area contributed by atoms with Gasteiger partial charge >= 0.3 is 0 Å². The zero-order chi connectivity index (χ0) is 19.6. The maximum absolute atomic E-state index is 13.4. The summed E-state index contributed by atoms with van der Waals surface area (Å²) < 4.78 is 0. The van der Waals surface area contributed by atoms with Crippen LogP contribution in [0.1, 0.15) is 18.1 Å². The lowest BCUT2D eigenvalue weighted by Gasteiger charge is -2.21. The lowest BCUT2D eigenvalue weighted by atomic mass is 9.85. The highest BCUT2D eigenvalue weighted by atomic mass is 35.5. The van der Waals surface area contributed by atoms with Crippen LogP contribution in [0.4, 0.5) is 5.69 Å². The second-order valence-corrected chi connectivity index (χ2v) is 8.31. The molecular weight excluding hydrogens is 370 g/mol. The molecule has 0 aromatic heterocycles. The molecule has 1 saturated carbocycles. The molecule has 2 amide bonds. The summed E-state index contributed by atoms with van der Waals surface area (Å²) in [5.41, 5.74) is 5.05. The second kappa shape index (κ2) is 6.18. The fraction of sp³-hybridized carbons (Fsp3) is 0.250. The summed E-state index contributed by atoms with van der Waals surface area (Å²) in [4.78, 5) is 28.1. The number of aryl methyl sites for hydroxylation is 1. The first-order chi connectivity index (χ1) is 13.5. The van der Waals surface area contributed by atoms with E-state index in [0.29, 0.717) is 10.7 Å².